The SMILES string of the molecule is C=C(C)C1CCC2(C)C1CCC1(C)C(O)C=C(C)CCC12. The minimum atomic E-state index is -0.258. The molecule has 6 unspecified atom stereocenters. The lowest BCUT2D eigenvalue weighted by molar-refractivity contribution is -0.0975. The Bertz CT molecular complexity index is 476. The van der Waals surface area contributed by atoms with Crippen LogP contribution in [-0.4, -0.2) is 11.2 Å². The number of allylic oxidation sites excluding steroid dienone is 2. The summed E-state index contributed by atoms with van der Waals surface area (Å²) in [4.78, 5) is 0. The highest BCUT2D eigenvalue weighted by atomic mass is 16.3. The van der Waals surface area contributed by atoms with E-state index in [9.17, 15) is 5.11 Å². The van der Waals surface area contributed by atoms with Crippen LogP contribution in [0.15, 0.2) is 23.8 Å². The Kier molecular flexibility index (Phi) is 3.64. The third-order valence-corrected chi connectivity index (χ3v) is 7.49. The van der Waals surface area contributed by atoms with E-state index in [1.165, 1.54) is 43.3 Å². The van der Waals surface area contributed by atoms with Crippen LogP contribution in [0.1, 0.15) is 66.2 Å². The molecular formula is C20H32O. The molecule has 1 nitrogen and oxygen atoms in total. The summed E-state index contributed by atoms with van der Waals surface area (Å²) in [7, 11) is 0. The Hall–Kier alpha value is -0.560. The summed E-state index contributed by atoms with van der Waals surface area (Å²) in [5, 5.41) is 10.8. The molecule has 2 saturated carbocycles. The third kappa shape index (κ3) is 2.15. The van der Waals surface area contributed by atoms with E-state index in [1.54, 1.807) is 0 Å². The van der Waals surface area contributed by atoms with Crippen LogP contribution in [0.3, 0.4) is 0 Å². The maximum atomic E-state index is 10.8. The highest BCUT2D eigenvalue weighted by Gasteiger charge is 2.59. The number of aliphatic hydroxyl groups is 1. The molecule has 0 aromatic rings. The standard InChI is InChI=1S/C20H32O/c1-13(2)15-8-10-19(4)16(15)9-11-20(5)17(19)7-6-14(3)12-18(20)21/h12,15-18,21H,1,6-11H2,2-5H3. The second-order valence-corrected chi connectivity index (χ2v) is 8.70. The Balaban J connectivity index is 1.97. The van der Waals surface area contributed by atoms with Gasteiger partial charge in [0.05, 0.1) is 6.10 Å². The van der Waals surface area contributed by atoms with Gasteiger partial charge in [0, 0.05) is 5.41 Å². The van der Waals surface area contributed by atoms with Gasteiger partial charge in [0.2, 0.25) is 0 Å². The molecule has 0 aliphatic heterocycles. The molecule has 0 heterocycles. The second-order valence-electron chi connectivity index (χ2n) is 8.70. The predicted octanol–water partition coefficient (Wildman–Crippen LogP) is 5.11. The number of aliphatic hydroxyl groups excluding tert-OH is 1. The number of fused-ring (bicyclic) bond motifs is 3. The van der Waals surface area contributed by atoms with E-state index in [4.69, 9.17) is 0 Å². The molecule has 0 radical (unpaired) electrons. The molecule has 1 N–H and O–H groups in total. The van der Waals surface area contributed by atoms with Crippen LogP contribution in [0.5, 0.6) is 0 Å². The molecule has 3 aliphatic carbocycles. The van der Waals surface area contributed by atoms with Gasteiger partial charge in [0.25, 0.3) is 0 Å². The first kappa shape index (κ1) is 15.3. The molecule has 0 aromatic carbocycles. The van der Waals surface area contributed by atoms with Crippen LogP contribution in [0.25, 0.3) is 0 Å². The van der Waals surface area contributed by atoms with Gasteiger partial charge in [-0.15, -0.1) is 0 Å². The zero-order valence-electron chi connectivity index (χ0n) is 14.3. The molecule has 3 aliphatic rings. The Morgan fingerprint density at radius 2 is 1.86 bits per heavy atom. The van der Waals surface area contributed by atoms with Crippen LogP contribution >= 0.6 is 0 Å². The van der Waals surface area contributed by atoms with Crippen molar-refractivity contribution in [2.24, 2.45) is 28.6 Å². The van der Waals surface area contributed by atoms with E-state index < -0.39 is 0 Å². The van der Waals surface area contributed by atoms with Crippen LogP contribution in [0, 0.1) is 28.6 Å². The lowest BCUT2D eigenvalue weighted by atomic mass is 9.49. The molecule has 0 bridgehead atoms. The molecule has 2 fully saturated rings. The van der Waals surface area contributed by atoms with E-state index in [2.05, 4.69) is 40.3 Å². The van der Waals surface area contributed by atoms with Crippen molar-refractivity contribution in [2.75, 3.05) is 0 Å². The van der Waals surface area contributed by atoms with Crippen LogP contribution in [0.4, 0.5) is 0 Å². The maximum Gasteiger partial charge on any atom is 0.0779 e. The molecule has 0 saturated heterocycles. The average Bonchev–Trinajstić information content (AvgIpc) is 2.69. The minimum Gasteiger partial charge on any atom is -0.388 e. The van der Waals surface area contributed by atoms with Crippen molar-refractivity contribution in [3.63, 3.8) is 0 Å². The molecule has 0 amide bonds. The fourth-order valence-electron chi connectivity index (χ4n) is 6.19. The van der Waals surface area contributed by atoms with Crippen molar-refractivity contribution in [3.8, 4) is 0 Å². The summed E-state index contributed by atoms with van der Waals surface area (Å²) in [6, 6.07) is 0. The van der Waals surface area contributed by atoms with Crippen LogP contribution in [-0.2, 0) is 0 Å². The van der Waals surface area contributed by atoms with Crippen molar-refractivity contribution >= 4 is 0 Å². The molecular weight excluding hydrogens is 256 g/mol. The van der Waals surface area contributed by atoms with Gasteiger partial charge in [0.15, 0.2) is 0 Å². The van der Waals surface area contributed by atoms with E-state index in [0.717, 1.165) is 12.3 Å². The summed E-state index contributed by atoms with van der Waals surface area (Å²) in [5.41, 5.74) is 3.24. The predicted molar refractivity (Wildman–Crippen MR) is 89.0 cm³/mol. The zero-order chi connectivity index (χ0) is 15.4. The smallest absolute Gasteiger partial charge is 0.0779 e. The molecule has 3 rings (SSSR count). The second kappa shape index (κ2) is 4.98. The van der Waals surface area contributed by atoms with Gasteiger partial charge in [-0.3, -0.25) is 0 Å². The lowest BCUT2D eigenvalue weighted by Gasteiger charge is -2.56. The maximum absolute atomic E-state index is 10.8. The number of hydrogen-bond acceptors (Lipinski definition) is 1. The summed E-state index contributed by atoms with van der Waals surface area (Å²) in [5.74, 6) is 2.16. The summed E-state index contributed by atoms with van der Waals surface area (Å²) in [6.45, 7) is 13.6. The molecule has 1 heteroatoms. The minimum absolute atomic E-state index is 0.0764. The van der Waals surface area contributed by atoms with Crippen LogP contribution < -0.4 is 0 Å². The highest BCUT2D eigenvalue weighted by Crippen LogP contribution is 2.66. The summed E-state index contributed by atoms with van der Waals surface area (Å²) >= 11 is 0. The van der Waals surface area contributed by atoms with Gasteiger partial charge in [-0.25, -0.2) is 0 Å². The van der Waals surface area contributed by atoms with E-state index in [-0.39, 0.29) is 11.5 Å². The van der Waals surface area contributed by atoms with Crippen molar-refractivity contribution in [1.82, 2.24) is 0 Å². The van der Waals surface area contributed by atoms with Crippen molar-refractivity contribution in [3.05, 3.63) is 23.8 Å². The summed E-state index contributed by atoms with van der Waals surface area (Å²) < 4.78 is 0. The topological polar surface area (TPSA) is 20.2 Å². The van der Waals surface area contributed by atoms with E-state index in [0.29, 0.717) is 17.3 Å². The zero-order valence-corrected chi connectivity index (χ0v) is 14.3. The van der Waals surface area contributed by atoms with Crippen LogP contribution in [0.2, 0.25) is 0 Å². The summed E-state index contributed by atoms with van der Waals surface area (Å²) in [6.07, 6.45) is 9.38. The fourth-order valence-corrected chi connectivity index (χ4v) is 6.19. The van der Waals surface area contributed by atoms with Crippen molar-refractivity contribution in [2.45, 2.75) is 72.3 Å². The van der Waals surface area contributed by atoms with Crippen molar-refractivity contribution < 1.29 is 5.11 Å². The first-order valence-electron chi connectivity index (χ1n) is 8.80. The Morgan fingerprint density at radius 1 is 1.19 bits per heavy atom. The van der Waals surface area contributed by atoms with Gasteiger partial charge in [0.1, 0.15) is 0 Å². The first-order chi connectivity index (χ1) is 9.79. The largest absolute Gasteiger partial charge is 0.388 e. The first-order valence-corrected chi connectivity index (χ1v) is 8.80. The number of hydrogen-bond donors (Lipinski definition) is 1. The molecule has 6 atom stereocenters. The fraction of sp³-hybridized carbons (Fsp3) is 0.800. The quantitative estimate of drug-likeness (QED) is 0.665. The lowest BCUT2D eigenvalue weighted by Crippen LogP contribution is -2.51. The monoisotopic (exact) mass is 288 g/mol. The van der Waals surface area contributed by atoms with Gasteiger partial charge in [-0.05, 0) is 75.5 Å². The Labute approximate surface area is 130 Å². The average molecular weight is 288 g/mol. The van der Waals surface area contributed by atoms with Gasteiger partial charge >= 0.3 is 0 Å². The van der Waals surface area contributed by atoms with Gasteiger partial charge < -0.3 is 5.11 Å². The van der Waals surface area contributed by atoms with E-state index in [1.807, 2.05) is 0 Å². The van der Waals surface area contributed by atoms with E-state index >= 15 is 0 Å². The van der Waals surface area contributed by atoms with Crippen molar-refractivity contribution in [1.29, 1.82) is 0 Å². The van der Waals surface area contributed by atoms with Gasteiger partial charge in [-0.1, -0.05) is 37.6 Å². The number of rotatable bonds is 1. The molecule has 118 valence electrons. The molecule has 0 spiro atoms. The normalized spacial score (nSPS) is 49.9. The highest BCUT2D eigenvalue weighted by molar-refractivity contribution is 5.19. The third-order valence-electron chi connectivity index (χ3n) is 7.49. The molecule has 21 heavy (non-hydrogen) atoms. The Morgan fingerprint density at radius 3 is 2.52 bits per heavy atom. The molecule has 0 aromatic heterocycles. The van der Waals surface area contributed by atoms with Gasteiger partial charge in [-0.2, -0.15) is 0 Å².